The number of nitrogens with zero attached hydrogens (tertiary/aromatic N) is 3. The molecule has 2 aromatic rings. The van der Waals surface area contributed by atoms with E-state index in [0.717, 1.165) is 6.42 Å². The van der Waals surface area contributed by atoms with E-state index in [9.17, 15) is 5.11 Å². The Kier molecular flexibility index (Phi) is 3.54. The number of hydrogen-bond donors (Lipinski definition) is 1. The van der Waals surface area contributed by atoms with E-state index in [1.807, 2.05) is 37.3 Å². The summed E-state index contributed by atoms with van der Waals surface area (Å²) in [5, 5.41) is 14.0. The standard InChI is InChI=1S/C15H19N3O2/c1-2-15(19)10-18(11-15)9-14-16-13(17-20-14)8-12-6-4-3-5-7-12/h3-7,19H,2,8-11H2,1H3. The highest BCUT2D eigenvalue weighted by molar-refractivity contribution is 5.18. The highest BCUT2D eigenvalue weighted by Crippen LogP contribution is 2.25. The molecule has 0 atom stereocenters. The van der Waals surface area contributed by atoms with Crippen molar-refractivity contribution >= 4 is 0 Å². The normalized spacial score (nSPS) is 17.9. The first kappa shape index (κ1) is 13.3. The van der Waals surface area contributed by atoms with Crippen molar-refractivity contribution in [3.8, 4) is 0 Å². The van der Waals surface area contributed by atoms with Gasteiger partial charge in [0.1, 0.15) is 0 Å². The fraction of sp³-hybridized carbons (Fsp3) is 0.467. The van der Waals surface area contributed by atoms with Crippen molar-refractivity contribution in [2.45, 2.75) is 31.9 Å². The van der Waals surface area contributed by atoms with Crippen molar-refractivity contribution in [3.63, 3.8) is 0 Å². The van der Waals surface area contributed by atoms with Crippen LogP contribution in [0.4, 0.5) is 0 Å². The molecule has 1 N–H and O–H groups in total. The van der Waals surface area contributed by atoms with Gasteiger partial charge in [0.15, 0.2) is 5.82 Å². The SMILES string of the molecule is CCC1(O)CN(Cc2nc(Cc3ccccc3)no2)C1. The molecule has 0 spiro atoms. The number of likely N-dealkylation sites (tertiary alicyclic amines) is 1. The quantitative estimate of drug-likeness (QED) is 0.897. The van der Waals surface area contributed by atoms with E-state index in [-0.39, 0.29) is 0 Å². The van der Waals surface area contributed by atoms with Gasteiger partial charge in [-0.2, -0.15) is 4.98 Å². The second-order valence-electron chi connectivity index (χ2n) is 5.49. The van der Waals surface area contributed by atoms with Gasteiger partial charge in [0.05, 0.1) is 12.1 Å². The van der Waals surface area contributed by atoms with Gasteiger partial charge in [0.2, 0.25) is 5.89 Å². The molecule has 1 saturated heterocycles. The Morgan fingerprint density at radius 3 is 2.75 bits per heavy atom. The summed E-state index contributed by atoms with van der Waals surface area (Å²) in [6, 6.07) is 10.1. The fourth-order valence-corrected chi connectivity index (χ4v) is 2.52. The zero-order valence-corrected chi connectivity index (χ0v) is 11.6. The van der Waals surface area contributed by atoms with Gasteiger partial charge in [-0.25, -0.2) is 0 Å². The molecule has 5 nitrogen and oxygen atoms in total. The molecule has 0 unspecified atom stereocenters. The van der Waals surface area contributed by atoms with E-state index >= 15 is 0 Å². The van der Waals surface area contributed by atoms with Crippen molar-refractivity contribution in [2.75, 3.05) is 13.1 Å². The minimum absolute atomic E-state index is 0.521. The van der Waals surface area contributed by atoms with E-state index < -0.39 is 5.60 Å². The second-order valence-corrected chi connectivity index (χ2v) is 5.49. The van der Waals surface area contributed by atoms with Crippen LogP contribution in [0.1, 0.15) is 30.6 Å². The third kappa shape index (κ3) is 2.89. The Morgan fingerprint density at radius 1 is 1.30 bits per heavy atom. The lowest BCUT2D eigenvalue weighted by molar-refractivity contribution is -0.106. The molecule has 1 aliphatic rings. The Hall–Kier alpha value is -1.72. The Bertz CT molecular complexity index is 562. The van der Waals surface area contributed by atoms with E-state index in [2.05, 4.69) is 15.0 Å². The molecule has 1 aliphatic heterocycles. The van der Waals surface area contributed by atoms with Crippen LogP contribution in [0.25, 0.3) is 0 Å². The summed E-state index contributed by atoms with van der Waals surface area (Å²) in [5.74, 6) is 1.33. The number of aromatic nitrogens is 2. The molecule has 0 radical (unpaired) electrons. The predicted octanol–water partition coefficient (Wildman–Crippen LogP) is 1.62. The van der Waals surface area contributed by atoms with E-state index in [4.69, 9.17) is 4.52 Å². The van der Waals surface area contributed by atoms with Crippen molar-refractivity contribution in [1.82, 2.24) is 15.0 Å². The summed E-state index contributed by atoms with van der Waals surface area (Å²) in [6.07, 6.45) is 1.47. The summed E-state index contributed by atoms with van der Waals surface area (Å²) >= 11 is 0. The van der Waals surface area contributed by atoms with Crippen LogP contribution in [0.15, 0.2) is 34.9 Å². The van der Waals surface area contributed by atoms with Crippen LogP contribution >= 0.6 is 0 Å². The molecule has 0 bridgehead atoms. The largest absolute Gasteiger partial charge is 0.387 e. The van der Waals surface area contributed by atoms with Crippen LogP contribution in [0.5, 0.6) is 0 Å². The lowest BCUT2D eigenvalue weighted by Crippen LogP contribution is -2.60. The summed E-state index contributed by atoms with van der Waals surface area (Å²) in [6.45, 7) is 3.98. The van der Waals surface area contributed by atoms with Crippen LogP contribution in [0.2, 0.25) is 0 Å². The van der Waals surface area contributed by atoms with Gasteiger partial charge in [0, 0.05) is 19.5 Å². The maximum absolute atomic E-state index is 9.96. The molecule has 20 heavy (non-hydrogen) atoms. The Labute approximate surface area is 118 Å². The van der Waals surface area contributed by atoms with Crippen LogP contribution in [0, 0.1) is 0 Å². The zero-order valence-electron chi connectivity index (χ0n) is 11.6. The van der Waals surface area contributed by atoms with Crippen LogP contribution in [-0.2, 0) is 13.0 Å². The molecule has 3 rings (SSSR count). The van der Waals surface area contributed by atoms with Gasteiger partial charge in [-0.3, -0.25) is 4.90 Å². The molecule has 1 fully saturated rings. The summed E-state index contributed by atoms with van der Waals surface area (Å²) in [5.41, 5.74) is 0.650. The van der Waals surface area contributed by atoms with Gasteiger partial charge in [-0.05, 0) is 12.0 Å². The van der Waals surface area contributed by atoms with Crippen molar-refractivity contribution in [2.24, 2.45) is 0 Å². The summed E-state index contributed by atoms with van der Waals surface area (Å²) in [4.78, 5) is 6.51. The molecule has 0 amide bonds. The monoisotopic (exact) mass is 273 g/mol. The minimum atomic E-state index is -0.521. The molecule has 106 valence electrons. The molecule has 2 heterocycles. The van der Waals surface area contributed by atoms with E-state index in [1.54, 1.807) is 0 Å². The Balaban J connectivity index is 1.55. The smallest absolute Gasteiger partial charge is 0.240 e. The van der Waals surface area contributed by atoms with Gasteiger partial charge < -0.3 is 9.63 Å². The number of benzene rings is 1. The maximum Gasteiger partial charge on any atom is 0.240 e. The number of aliphatic hydroxyl groups is 1. The molecule has 1 aromatic heterocycles. The lowest BCUT2D eigenvalue weighted by atomic mass is 9.91. The maximum atomic E-state index is 9.96. The highest BCUT2D eigenvalue weighted by atomic mass is 16.5. The minimum Gasteiger partial charge on any atom is -0.387 e. The Morgan fingerprint density at radius 2 is 2.05 bits per heavy atom. The second kappa shape index (κ2) is 5.34. The lowest BCUT2D eigenvalue weighted by Gasteiger charge is -2.45. The van der Waals surface area contributed by atoms with Crippen molar-refractivity contribution < 1.29 is 9.63 Å². The number of β-amino-alcohol motifs (C(OH)–C–C–N with tert-alkyl or cyclic N) is 1. The fourth-order valence-electron chi connectivity index (χ4n) is 2.52. The van der Waals surface area contributed by atoms with E-state index in [0.29, 0.717) is 37.8 Å². The topological polar surface area (TPSA) is 62.4 Å². The predicted molar refractivity (Wildman–Crippen MR) is 74.1 cm³/mol. The highest BCUT2D eigenvalue weighted by Gasteiger charge is 2.39. The van der Waals surface area contributed by atoms with Gasteiger partial charge in [0.25, 0.3) is 0 Å². The van der Waals surface area contributed by atoms with Crippen molar-refractivity contribution in [3.05, 3.63) is 47.6 Å². The number of rotatable bonds is 5. The van der Waals surface area contributed by atoms with Crippen molar-refractivity contribution in [1.29, 1.82) is 0 Å². The number of hydrogen-bond acceptors (Lipinski definition) is 5. The molecule has 5 heteroatoms. The van der Waals surface area contributed by atoms with Gasteiger partial charge in [-0.15, -0.1) is 0 Å². The first-order valence-electron chi connectivity index (χ1n) is 6.97. The molecule has 0 aliphatic carbocycles. The van der Waals surface area contributed by atoms with Gasteiger partial charge in [-0.1, -0.05) is 42.4 Å². The average molecular weight is 273 g/mol. The first-order chi connectivity index (χ1) is 9.67. The molecular weight excluding hydrogens is 254 g/mol. The molecule has 1 aromatic carbocycles. The van der Waals surface area contributed by atoms with Crippen LogP contribution in [0.3, 0.4) is 0 Å². The zero-order chi connectivity index (χ0) is 14.0. The van der Waals surface area contributed by atoms with E-state index in [1.165, 1.54) is 5.56 Å². The van der Waals surface area contributed by atoms with Gasteiger partial charge >= 0.3 is 0 Å². The third-order valence-electron chi connectivity index (χ3n) is 3.77. The molecular formula is C15H19N3O2. The van der Waals surface area contributed by atoms with Crippen LogP contribution in [-0.4, -0.2) is 38.8 Å². The summed E-state index contributed by atoms with van der Waals surface area (Å²) in [7, 11) is 0. The van der Waals surface area contributed by atoms with Crippen LogP contribution < -0.4 is 0 Å². The molecule has 0 saturated carbocycles. The first-order valence-corrected chi connectivity index (χ1v) is 6.97. The average Bonchev–Trinajstić information content (AvgIpc) is 2.85. The summed E-state index contributed by atoms with van der Waals surface area (Å²) < 4.78 is 5.26. The third-order valence-corrected chi connectivity index (χ3v) is 3.77.